The number of rotatable bonds is 6. The summed E-state index contributed by atoms with van der Waals surface area (Å²) in [7, 11) is 0. The molecule has 0 aliphatic heterocycles. The Bertz CT molecular complexity index is 1170. The summed E-state index contributed by atoms with van der Waals surface area (Å²) in [5.41, 5.74) is 1.36. The number of hydrogen-bond acceptors (Lipinski definition) is 7. The molecule has 0 fully saturated rings. The standard InChI is InChI=1S/C22H16ClN3O4/c1-14(22(27)30-18-3-2-10-24-12-18)28-16-5-7-17(8-6-16)29-21-13-25-20-11-15(23)4-9-19(20)26-21/h2-14H,1H3/t14-/m1/s1. The second-order valence-electron chi connectivity index (χ2n) is 6.28. The van der Waals surface area contributed by atoms with Crippen LogP contribution >= 0.6 is 11.6 Å². The van der Waals surface area contributed by atoms with Crippen LogP contribution in [0.15, 0.2) is 73.2 Å². The molecule has 0 aliphatic rings. The van der Waals surface area contributed by atoms with Crippen molar-refractivity contribution in [3.63, 3.8) is 0 Å². The average Bonchev–Trinajstić information content (AvgIpc) is 2.76. The van der Waals surface area contributed by atoms with Gasteiger partial charge in [-0.3, -0.25) is 4.98 Å². The number of halogens is 1. The fraction of sp³-hybridized carbons (Fsp3) is 0.0909. The van der Waals surface area contributed by atoms with E-state index in [1.165, 1.54) is 12.4 Å². The Morgan fingerprint density at radius 1 is 0.967 bits per heavy atom. The summed E-state index contributed by atoms with van der Waals surface area (Å²) in [6.45, 7) is 1.61. The molecule has 7 nitrogen and oxygen atoms in total. The Balaban J connectivity index is 1.38. The summed E-state index contributed by atoms with van der Waals surface area (Å²) in [5.74, 6) is 1.25. The Morgan fingerprint density at radius 2 is 1.77 bits per heavy atom. The Hall–Kier alpha value is -3.71. The van der Waals surface area contributed by atoms with Gasteiger partial charge in [0, 0.05) is 11.2 Å². The number of pyridine rings is 1. The molecule has 150 valence electrons. The van der Waals surface area contributed by atoms with Crippen LogP contribution in [0.3, 0.4) is 0 Å². The van der Waals surface area contributed by atoms with Gasteiger partial charge < -0.3 is 14.2 Å². The highest BCUT2D eigenvalue weighted by Gasteiger charge is 2.17. The van der Waals surface area contributed by atoms with E-state index in [0.29, 0.717) is 39.2 Å². The van der Waals surface area contributed by atoms with Gasteiger partial charge >= 0.3 is 5.97 Å². The van der Waals surface area contributed by atoms with Gasteiger partial charge in [0.1, 0.15) is 17.2 Å². The Morgan fingerprint density at radius 3 is 2.53 bits per heavy atom. The highest BCUT2D eigenvalue weighted by molar-refractivity contribution is 6.31. The first kappa shape index (κ1) is 19.6. The SMILES string of the molecule is C[C@@H](Oc1ccc(Oc2cnc3cc(Cl)ccc3n2)cc1)C(=O)Oc1cccnc1. The maximum Gasteiger partial charge on any atom is 0.352 e. The van der Waals surface area contributed by atoms with Crippen molar-refractivity contribution in [2.75, 3.05) is 0 Å². The molecule has 2 aromatic heterocycles. The van der Waals surface area contributed by atoms with E-state index < -0.39 is 12.1 Å². The van der Waals surface area contributed by atoms with Crippen molar-refractivity contribution in [3.8, 4) is 23.1 Å². The van der Waals surface area contributed by atoms with Gasteiger partial charge in [0.05, 0.1) is 23.4 Å². The van der Waals surface area contributed by atoms with Gasteiger partial charge in [0.15, 0.2) is 6.10 Å². The lowest BCUT2D eigenvalue weighted by molar-refractivity contribution is -0.141. The highest BCUT2D eigenvalue weighted by atomic mass is 35.5. The molecule has 0 saturated carbocycles. The first-order chi connectivity index (χ1) is 14.6. The molecule has 0 unspecified atom stereocenters. The molecular weight excluding hydrogens is 406 g/mol. The first-order valence-electron chi connectivity index (χ1n) is 9.05. The zero-order valence-corrected chi connectivity index (χ0v) is 16.6. The van der Waals surface area contributed by atoms with E-state index in [-0.39, 0.29) is 0 Å². The lowest BCUT2D eigenvalue weighted by Crippen LogP contribution is -2.28. The molecule has 0 N–H and O–H groups in total. The normalized spacial score (nSPS) is 11.7. The quantitative estimate of drug-likeness (QED) is 0.412. The predicted molar refractivity (Wildman–Crippen MR) is 111 cm³/mol. The van der Waals surface area contributed by atoms with Gasteiger partial charge in [-0.05, 0) is 61.5 Å². The molecular formula is C22H16ClN3O4. The molecule has 0 saturated heterocycles. The molecule has 4 aromatic rings. The highest BCUT2D eigenvalue weighted by Crippen LogP contribution is 2.25. The van der Waals surface area contributed by atoms with E-state index >= 15 is 0 Å². The Kier molecular flexibility index (Phi) is 5.72. The van der Waals surface area contributed by atoms with E-state index in [2.05, 4.69) is 15.0 Å². The van der Waals surface area contributed by atoms with E-state index in [1.807, 2.05) is 0 Å². The molecule has 2 aromatic carbocycles. The summed E-state index contributed by atoms with van der Waals surface area (Å²) in [6.07, 6.45) is 3.79. The number of aromatic nitrogens is 3. The van der Waals surface area contributed by atoms with Crippen LogP contribution < -0.4 is 14.2 Å². The minimum atomic E-state index is -0.796. The van der Waals surface area contributed by atoms with E-state index in [9.17, 15) is 4.79 Å². The molecule has 4 rings (SSSR count). The topological polar surface area (TPSA) is 83.4 Å². The van der Waals surface area contributed by atoms with Gasteiger partial charge in [0.25, 0.3) is 0 Å². The van der Waals surface area contributed by atoms with Crippen LogP contribution in [-0.4, -0.2) is 27.0 Å². The van der Waals surface area contributed by atoms with Crippen molar-refractivity contribution in [1.82, 2.24) is 15.0 Å². The number of hydrogen-bond donors (Lipinski definition) is 0. The van der Waals surface area contributed by atoms with Crippen LogP contribution in [0.25, 0.3) is 11.0 Å². The van der Waals surface area contributed by atoms with Crippen LogP contribution in [0.5, 0.6) is 23.1 Å². The van der Waals surface area contributed by atoms with Crippen molar-refractivity contribution in [3.05, 3.63) is 78.2 Å². The van der Waals surface area contributed by atoms with E-state index in [0.717, 1.165) is 0 Å². The third-order valence-electron chi connectivity index (χ3n) is 4.03. The number of ether oxygens (including phenoxy) is 3. The zero-order chi connectivity index (χ0) is 20.9. The van der Waals surface area contributed by atoms with Gasteiger partial charge in [-0.1, -0.05) is 11.6 Å². The van der Waals surface area contributed by atoms with Crippen molar-refractivity contribution >= 4 is 28.6 Å². The number of esters is 1. The summed E-state index contributed by atoms with van der Waals surface area (Å²) < 4.78 is 16.6. The fourth-order valence-corrected chi connectivity index (χ4v) is 2.75. The number of fused-ring (bicyclic) bond motifs is 1. The van der Waals surface area contributed by atoms with Crippen molar-refractivity contribution in [2.24, 2.45) is 0 Å². The van der Waals surface area contributed by atoms with Crippen molar-refractivity contribution in [1.29, 1.82) is 0 Å². The number of carbonyl (C=O) groups excluding carboxylic acids is 1. The monoisotopic (exact) mass is 421 g/mol. The largest absolute Gasteiger partial charge is 0.479 e. The fourth-order valence-electron chi connectivity index (χ4n) is 2.58. The first-order valence-corrected chi connectivity index (χ1v) is 9.43. The van der Waals surface area contributed by atoms with E-state index in [1.54, 1.807) is 67.7 Å². The zero-order valence-electron chi connectivity index (χ0n) is 15.9. The average molecular weight is 422 g/mol. The molecule has 30 heavy (non-hydrogen) atoms. The van der Waals surface area contributed by atoms with Gasteiger partial charge in [0.2, 0.25) is 5.88 Å². The summed E-state index contributed by atoms with van der Waals surface area (Å²) >= 11 is 5.96. The second-order valence-corrected chi connectivity index (χ2v) is 6.72. The third-order valence-corrected chi connectivity index (χ3v) is 4.26. The minimum absolute atomic E-state index is 0.354. The van der Waals surface area contributed by atoms with Crippen LogP contribution in [0, 0.1) is 0 Å². The summed E-state index contributed by atoms with van der Waals surface area (Å²) in [4.78, 5) is 24.7. The molecule has 2 heterocycles. The third kappa shape index (κ3) is 4.82. The Labute approximate surface area is 177 Å². The predicted octanol–water partition coefficient (Wildman–Crippen LogP) is 4.84. The minimum Gasteiger partial charge on any atom is -0.479 e. The maximum absolute atomic E-state index is 12.1. The molecule has 0 aliphatic carbocycles. The lowest BCUT2D eigenvalue weighted by Gasteiger charge is -2.14. The molecule has 0 radical (unpaired) electrons. The van der Waals surface area contributed by atoms with Crippen LogP contribution in [-0.2, 0) is 4.79 Å². The van der Waals surface area contributed by atoms with Gasteiger partial charge in [-0.2, -0.15) is 0 Å². The van der Waals surface area contributed by atoms with Crippen LogP contribution in [0.2, 0.25) is 5.02 Å². The van der Waals surface area contributed by atoms with E-state index in [4.69, 9.17) is 25.8 Å². The summed E-state index contributed by atoms with van der Waals surface area (Å²) in [5, 5.41) is 0.597. The van der Waals surface area contributed by atoms with Crippen molar-refractivity contribution in [2.45, 2.75) is 13.0 Å². The molecule has 8 heteroatoms. The molecule has 1 atom stereocenters. The molecule has 0 bridgehead atoms. The van der Waals surface area contributed by atoms with Crippen LogP contribution in [0.4, 0.5) is 0 Å². The second kappa shape index (κ2) is 8.75. The van der Waals surface area contributed by atoms with Gasteiger partial charge in [-0.15, -0.1) is 0 Å². The lowest BCUT2D eigenvalue weighted by atomic mass is 10.3. The maximum atomic E-state index is 12.1. The molecule has 0 amide bonds. The number of nitrogens with zero attached hydrogens (tertiary/aromatic N) is 3. The summed E-state index contributed by atoms with van der Waals surface area (Å²) in [6, 6.07) is 15.4. The molecule has 0 spiro atoms. The van der Waals surface area contributed by atoms with Crippen molar-refractivity contribution < 1.29 is 19.0 Å². The van der Waals surface area contributed by atoms with Gasteiger partial charge in [-0.25, -0.2) is 14.8 Å². The number of benzene rings is 2. The van der Waals surface area contributed by atoms with Crippen LogP contribution in [0.1, 0.15) is 6.92 Å². The number of carbonyl (C=O) groups is 1. The smallest absolute Gasteiger partial charge is 0.352 e.